The molecule has 0 saturated heterocycles. The number of nitrogens with zero attached hydrogens (tertiary/aromatic N) is 4. The van der Waals surface area contributed by atoms with Crippen molar-refractivity contribution in [1.82, 2.24) is 24.8 Å². The molecule has 0 unspecified atom stereocenters. The fourth-order valence-electron chi connectivity index (χ4n) is 3.57. The zero-order valence-corrected chi connectivity index (χ0v) is 17.0. The largest absolute Gasteiger partial charge is 0.433 e. The third-order valence-corrected chi connectivity index (χ3v) is 5.10. The Morgan fingerprint density at radius 3 is 2.27 bits per heavy atom. The van der Waals surface area contributed by atoms with E-state index in [2.05, 4.69) is 20.3 Å². The predicted octanol–water partition coefficient (Wildman–Crippen LogP) is 4.32. The summed E-state index contributed by atoms with van der Waals surface area (Å²) in [5, 5.41) is 10.0. The number of nitrogen functional groups attached to an aromatic ring is 1. The van der Waals surface area contributed by atoms with E-state index in [1.165, 1.54) is 19.1 Å². The highest BCUT2D eigenvalue weighted by Crippen LogP contribution is 2.38. The van der Waals surface area contributed by atoms with Crippen molar-refractivity contribution in [2.75, 3.05) is 5.73 Å². The summed E-state index contributed by atoms with van der Waals surface area (Å²) in [7, 11) is 0. The first kappa shape index (κ1) is 20.5. The summed E-state index contributed by atoms with van der Waals surface area (Å²) in [6, 6.07) is 14.6. The molecule has 0 aliphatic rings. The third kappa shape index (κ3) is 3.43. The van der Waals surface area contributed by atoms with Crippen LogP contribution in [0, 0.1) is 6.92 Å². The van der Waals surface area contributed by atoms with Crippen molar-refractivity contribution in [1.29, 1.82) is 0 Å². The molecule has 8 nitrogen and oxygen atoms in total. The molecular weight excluding hydrogens is 437 g/mol. The van der Waals surface area contributed by atoms with E-state index in [0.29, 0.717) is 11.3 Å². The summed E-state index contributed by atoms with van der Waals surface area (Å²) in [6.07, 6.45) is -4.74. The fourth-order valence-corrected chi connectivity index (χ4v) is 3.57. The van der Waals surface area contributed by atoms with E-state index in [-0.39, 0.29) is 39.8 Å². The summed E-state index contributed by atoms with van der Waals surface area (Å²) in [5.41, 5.74) is 4.86. The van der Waals surface area contributed by atoms with Crippen LogP contribution in [0.4, 0.5) is 18.9 Å². The summed E-state index contributed by atoms with van der Waals surface area (Å²) >= 11 is 0. The Morgan fingerprint density at radius 2 is 1.61 bits per heavy atom. The number of aryl methyl sites for hydroxylation is 1. The fraction of sp³-hybridized carbons (Fsp3) is 0.0909. The minimum atomic E-state index is -4.74. The SMILES string of the molecule is Cc1nc2c(-c3ccccc3)c(C(F)(F)F)[nH]n2c(=O)c1-c1nnc(-c2ccc(N)cc2)o1. The van der Waals surface area contributed by atoms with Crippen molar-refractivity contribution in [2.24, 2.45) is 0 Å². The molecule has 3 heterocycles. The van der Waals surface area contributed by atoms with Crippen LogP contribution in [0.2, 0.25) is 0 Å². The number of aromatic amines is 1. The van der Waals surface area contributed by atoms with Crippen LogP contribution < -0.4 is 11.3 Å². The number of fused-ring (bicyclic) bond motifs is 1. The Hall–Kier alpha value is -4.41. The molecular formula is C22H15F3N6O2. The highest BCUT2D eigenvalue weighted by molar-refractivity contribution is 5.81. The molecule has 0 atom stereocenters. The number of H-pyrrole nitrogens is 1. The van der Waals surface area contributed by atoms with Gasteiger partial charge in [-0.3, -0.25) is 9.89 Å². The van der Waals surface area contributed by atoms with Gasteiger partial charge in [0, 0.05) is 11.3 Å². The second-order valence-electron chi connectivity index (χ2n) is 7.30. The average Bonchev–Trinajstić information content (AvgIpc) is 3.40. The van der Waals surface area contributed by atoms with Gasteiger partial charge in [-0.15, -0.1) is 10.2 Å². The molecule has 0 radical (unpaired) electrons. The summed E-state index contributed by atoms with van der Waals surface area (Å²) in [4.78, 5) is 17.5. The van der Waals surface area contributed by atoms with E-state index in [4.69, 9.17) is 10.2 Å². The summed E-state index contributed by atoms with van der Waals surface area (Å²) < 4.78 is 47.9. The quantitative estimate of drug-likeness (QED) is 0.394. The maximum atomic E-state index is 13.8. The topological polar surface area (TPSA) is 115 Å². The van der Waals surface area contributed by atoms with Crippen molar-refractivity contribution < 1.29 is 17.6 Å². The lowest BCUT2D eigenvalue weighted by molar-refractivity contribution is -0.140. The molecule has 0 saturated carbocycles. The number of halogens is 3. The van der Waals surface area contributed by atoms with Gasteiger partial charge >= 0.3 is 6.18 Å². The number of aromatic nitrogens is 5. The van der Waals surface area contributed by atoms with Crippen LogP contribution in [0.1, 0.15) is 11.4 Å². The van der Waals surface area contributed by atoms with Gasteiger partial charge in [0.05, 0.1) is 11.3 Å². The second-order valence-corrected chi connectivity index (χ2v) is 7.30. The standard InChI is InChI=1S/C22H15F3N6O2/c1-11-15(20-29-28-19(33-20)13-7-9-14(26)10-8-13)21(32)31-18(27-11)16(12-5-3-2-4-6-12)17(30-31)22(23,24)25/h2-10,30H,26H2,1H3. The normalized spacial score (nSPS) is 11.9. The Balaban J connectivity index is 1.72. The van der Waals surface area contributed by atoms with Crippen LogP contribution in [0.15, 0.2) is 63.8 Å². The molecule has 33 heavy (non-hydrogen) atoms. The minimum absolute atomic E-state index is 0.101. The van der Waals surface area contributed by atoms with Gasteiger partial charge in [0.1, 0.15) is 11.3 Å². The lowest BCUT2D eigenvalue weighted by Gasteiger charge is -2.07. The molecule has 11 heteroatoms. The van der Waals surface area contributed by atoms with Crippen molar-refractivity contribution in [3.8, 4) is 34.0 Å². The van der Waals surface area contributed by atoms with Gasteiger partial charge in [-0.05, 0) is 36.8 Å². The Labute approximate surface area is 183 Å². The molecule has 0 aliphatic carbocycles. The molecule has 0 spiro atoms. The van der Waals surface area contributed by atoms with Crippen molar-refractivity contribution in [3.63, 3.8) is 0 Å². The number of hydrogen-bond donors (Lipinski definition) is 2. The number of rotatable bonds is 3. The van der Waals surface area contributed by atoms with Crippen LogP contribution in [0.25, 0.3) is 39.7 Å². The van der Waals surface area contributed by atoms with Crippen LogP contribution in [-0.2, 0) is 6.18 Å². The van der Waals surface area contributed by atoms with Gasteiger partial charge in [0.15, 0.2) is 5.65 Å². The van der Waals surface area contributed by atoms with E-state index in [1.807, 2.05) is 0 Å². The first-order chi connectivity index (χ1) is 15.7. The molecule has 5 rings (SSSR count). The molecule has 0 fully saturated rings. The van der Waals surface area contributed by atoms with E-state index in [0.717, 1.165) is 4.52 Å². The maximum absolute atomic E-state index is 13.8. The average molecular weight is 452 g/mol. The Morgan fingerprint density at radius 1 is 0.939 bits per heavy atom. The molecule has 0 aliphatic heterocycles. The highest BCUT2D eigenvalue weighted by atomic mass is 19.4. The van der Waals surface area contributed by atoms with E-state index < -0.39 is 17.4 Å². The van der Waals surface area contributed by atoms with Gasteiger partial charge in [-0.2, -0.15) is 17.7 Å². The molecule has 3 aromatic heterocycles. The van der Waals surface area contributed by atoms with Gasteiger partial charge in [-0.25, -0.2) is 4.98 Å². The number of benzene rings is 2. The van der Waals surface area contributed by atoms with E-state index in [1.54, 1.807) is 42.5 Å². The Kier molecular flexibility index (Phi) is 4.55. The predicted molar refractivity (Wildman–Crippen MR) is 114 cm³/mol. The van der Waals surface area contributed by atoms with Crippen molar-refractivity contribution >= 4 is 11.3 Å². The summed E-state index contributed by atoms with van der Waals surface area (Å²) in [6.45, 7) is 1.50. The van der Waals surface area contributed by atoms with Gasteiger partial charge in [0.25, 0.3) is 11.4 Å². The van der Waals surface area contributed by atoms with Gasteiger partial charge in [0.2, 0.25) is 5.89 Å². The van der Waals surface area contributed by atoms with Crippen LogP contribution >= 0.6 is 0 Å². The van der Waals surface area contributed by atoms with Gasteiger partial charge in [-0.1, -0.05) is 30.3 Å². The number of nitrogens with two attached hydrogens (primary N) is 1. The molecule has 5 aromatic rings. The minimum Gasteiger partial charge on any atom is -0.416 e. The van der Waals surface area contributed by atoms with E-state index in [9.17, 15) is 18.0 Å². The van der Waals surface area contributed by atoms with E-state index >= 15 is 0 Å². The highest BCUT2D eigenvalue weighted by Gasteiger charge is 2.38. The van der Waals surface area contributed by atoms with Crippen LogP contribution in [-0.4, -0.2) is 24.8 Å². The maximum Gasteiger partial charge on any atom is 0.433 e. The molecule has 0 amide bonds. The number of nitrogens with one attached hydrogen (secondary N) is 1. The van der Waals surface area contributed by atoms with Crippen molar-refractivity contribution in [2.45, 2.75) is 13.1 Å². The molecule has 2 aromatic carbocycles. The monoisotopic (exact) mass is 452 g/mol. The molecule has 166 valence electrons. The number of alkyl halides is 3. The Bertz CT molecular complexity index is 1530. The number of hydrogen-bond acceptors (Lipinski definition) is 6. The third-order valence-electron chi connectivity index (χ3n) is 5.10. The van der Waals surface area contributed by atoms with Crippen LogP contribution in [0.5, 0.6) is 0 Å². The number of anilines is 1. The first-order valence-electron chi connectivity index (χ1n) is 9.72. The lowest BCUT2D eigenvalue weighted by atomic mass is 10.1. The van der Waals surface area contributed by atoms with Crippen molar-refractivity contribution in [3.05, 3.63) is 76.3 Å². The molecule has 3 N–H and O–H groups in total. The lowest BCUT2D eigenvalue weighted by Crippen LogP contribution is -2.20. The zero-order chi connectivity index (χ0) is 23.3. The first-order valence-corrected chi connectivity index (χ1v) is 9.72. The van der Waals surface area contributed by atoms with Crippen LogP contribution in [0.3, 0.4) is 0 Å². The second kappa shape index (κ2) is 7.33. The van der Waals surface area contributed by atoms with Gasteiger partial charge < -0.3 is 10.2 Å². The summed E-state index contributed by atoms with van der Waals surface area (Å²) in [5.74, 6) is -0.0306. The molecule has 0 bridgehead atoms. The zero-order valence-electron chi connectivity index (χ0n) is 17.0. The smallest absolute Gasteiger partial charge is 0.416 e.